The second-order valence-corrected chi connectivity index (χ2v) is 3.93. The number of nitrogens with two attached hydrogens (primary N) is 1. The molecule has 0 radical (unpaired) electrons. The van der Waals surface area contributed by atoms with Crippen molar-refractivity contribution in [2.24, 2.45) is 0 Å². The molecule has 0 bridgehead atoms. The Labute approximate surface area is 117 Å². The van der Waals surface area contributed by atoms with Gasteiger partial charge >= 0.3 is 0 Å². The van der Waals surface area contributed by atoms with Crippen LogP contribution in [0.1, 0.15) is 23.2 Å². The molecule has 2 rings (SSSR count). The molecule has 0 saturated heterocycles. The predicted molar refractivity (Wildman–Crippen MR) is 66.2 cm³/mol. The van der Waals surface area contributed by atoms with Gasteiger partial charge in [-0.2, -0.15) is 10.5 Å². The number of hydrogen-bond acceptors (Lipinski definition) is 5. The van der Waals surface area contributed by atoms with E-state index in [-0.39, 0.29) is 22.5 Å². The molecule has 1 heterocycles. The lowest BCUT2D eigenvalue weighted by Crippen LogP contribution is -2.03. The van der Waals surface area contributed by atoms with Gasteiger partial charge in [0.25, 0.3) is 6.43 Å². The Balaban J connectivity index is 2.75. The molecule has 0 amide bonds. The molecule has 0 aliphatic carbocycles. The van der Waals surface area contributed by atoms with Crippen LogP contribution in [0, 0.1) is 28.5 Å². The van der Waals surface area contributed by atoms with E-state index in [0.29, 0.717) is 0 Å². The quantitative estimate of drug-likeness (QED) is 0.856. The Morgan fingerprint density at radius 3 is 2.43 bits per heavy atom. The molecule has 0 aliphatic rings. The molecule has 21 heavy (non-hydrogen) atoms. The van der Waals surface area contributed by atoms with Gasteiger partial charge in [0.1, 0.15) is 35.5 Å². The largest absolute Gasteiger partial charge is 0.398 e. The van der Waals surface area contributed by atoms with Gasteiger partial charge in [-0.3, -0.25) is 0 Å². The number of nitrogen functional groups attached to an aromatic ring is 1. The van der Waals surface area contributed by atoms with Crippen LogP contribution >= 0.6 is 0 Å². The fourth-order valence-corrected chi connectivity index (χ4v) is 1.75. The van der Waals surface area contributed by atoms with Crippen molar-refractivity contribution in [1.29, 1.82) is 10.5 Å². The van der Waals surface area contributed by atoms with E-state index in [4.69, 9.17) is 16.3 Å². The van der Waals surface area contributed by atoms with Gasteiger partial charge in [-0.05, 0) is 12.1 Å². The lowest BCUT2D eigenvalue weighted by molar-refractivity contribution is 0.145. The zero-order valence-corrected chi connectivity index (χ0v) is 10.3. The summed E-state index contributed by atoms with van der Waals surface area (Å²) in [6.07, 6.45) is -2.19. The first-order valence-corrected chi connectivity index (χ1v) is 5.52. The van der Waals surface area contributed by atoms with Crippen LogP contribution in [0.25, 0.3) is 11.3 Å². The molecule has 0 fully saturated rings. The third-order valence-corrected chi connectivity index (χ3v) is 2.71. The van der Waals surface area contributed by atoms with Crippen LogP contribution in [0.4, 0.5) is 18.9 Å². The lowest BCUT2D eigenvalue weighted by Gasteiger charge is -2.09. The highest BCUT2D eigenvalue weighted by atomic mass is 19.3. The number of halogens is 3. The van der Waals surface area contributed by atoms with E-state index in [2.05, 4.69) is 9.97 Å². The van der Waals surface area contributed by atoms with Crippen LogP contribution in [0.3, 0.4) is 0 Å². The van der Waals surface area contributed by atoms with E-state index in [1.54, 1.807) is 12.1 Å². The monoisotopic (exact) mass is 289 g/mol. The van der Waals surface area contributed by atoms with E-state index in [9.17, 15) is 13.2 Å². The fourth-order valence-electron chi connectivity index (χ4n) is 1.75. The van der Waals surface area contributed by atoms with Crippen molar-refractivity contribution in [3.63, 3.8) is 0 Å². The van der Waals surface area contributed by atoms with Crippen molar-refractivity contribution >= 4 is 5.69 Å². The van der Waals surface area contributed by atoms with Gasteiger partial charge in [0, 0.05) is 5.56 Å². The average Bonchev–Trinajstić information content (AvgIpc) is 2.48. The van der Waals surface area contributed by atoms with Crippen molar-refractivity contribution in [2.75, 3.05) is 5.73 Å². The first-order chi connectivity index (χ1) is 9.99. The summed E-state index contributed by atoms with van der Waals surface area (Å²) < 4.78 is 39.6. The van der Waals surface area contributed by atoms with Crippen LogP contribution in [-0.4, -0.2) is 9.97 Å². The molecule has 0 saturated carbocycles. The maximum Gasteiger partial charge on any atom is 0.281 e. The Bertz CT molecular complexity index is 790. The summed E-state index contributed by atoms with van der Waals surface area (Å²) in [5, 5.41) is 17.7. The number of alkyl halides is 2. The Morgan fingerprint density at radius 1 is 1.14 bits per heavy atom. The molecule has 1 aromatic heterocycles. The summed E-state index contributed by atoms with van der Waals surface area (Å²) in [5.74, 6) is -0.892. The molecule has 0 spiro atoms. The number of benzene rings is 1. The zero-order valence-electron chi connectivity index (χ0n) is 10.3. The Hall–Kier alpha value is -3.13. The normalized spacial score (nSPS) is 10.2. The van der Waals surface area contributed by atoms with Gasteiger partial charge < -0.3 is 5.73 Å². The van der Waals surface area contributed by atoms with Crippen LogP contribution in [0.15, 0.2) is 18.5 Å². The smallest absolute Gasteiger partial charge is 0.281 e. The summed E-state index contributed by atoms with van der Waals surface area (Å²) in [6.45, 7) is 0. The van der Waals surface area contributed by atoms with Crippen LogP contribution in [0.2, 0.25) is 0 Å². The van der Waals surface area contributed by atoms with E-state index in [1.165, 1.54) is 0 Å². The van der Waals surface area contributed by atoms with Gasteiger partial charge in [-0.15, -0.1) is 0 Å². The van der Waals surface area contributed by atoms with Gasteiger partial charge in [0.15, 0.2) is 0 Å². The molecule has 5 nitrogen and oxygen atoms in total. The topological polar surface area (TPSA) is 99.4 Å². The van der Waals surface area contributed by atoms with Gasteiger partial charge in [-0.1, -0.05) is 0 Å². The van der Waals surface area contributed by atoms with Crippen molar-refractivity contribution in [2.45, 2.75) is 6.43 Å². The summed E-state index contributed by atoms with van der Waals surface area (Å²) in [4.78, 5) is 7.01. The number of anilines is 1. The molecule has 0 atom stereocenters. The molecule has 0 aliphatic heterocycles. The average molecular weight is 289 g/mol. The van der Waals surface area contributed by atoms with Crippen LogP contribution in [-0.2, 0) is 0 Å². The van der Waals surface area contributed by atoms with Crippen molar-refractivity contribution in [3.05, 3.63) is 41.1 Å². The minimum Gasteiger partial charge on any atom is -0.398 e. The second-order valence-electron chi connectivity index (χ2n) is 3.93. The highest BCUT2D eigenvalue weighted by Gasteiger charge is 2.22. The van der Waals surface area contributed by atoms with E-state index < -0.39 is 23.5 Å². The minimum absolute atomic E-state index is 0.0463. The Morgan fingerprint density at radius 2 is 1.86 bits per heavy atom. The van der Waals surface area contributed by atoms with E-state index in [0.717, 1.165) is 18.5 Å². The lowest BCUT2D eigenvalue weighted by atomic mass is 10.0. The molecule has 8 heteroatoms. The summed E-state index contributed by atoms with van der Waals surface area (Å²) in [6, 6.07) is 5.16. The highest BCUT2D eigenvalue weighted by Crippen LogP contribution is 2.31. The summed E-state index contributed by atoms with van der Waals surface area (Å²) in [5.41, 5.74) is 3.56. The number of rotatable bonds is 2. The van der Waals surface area contributed by atoms with Crippen molar-refractivity contribution < 1.29 is 13.2 Å². The molecular weight excluding hydrogens is 283 g/mol. The fraction of sp³-hybridized carbons (Fsp3) is 0.0769. The number of nitriles is 2. The second kappa shape index (κ2) is 5.47. The molecule has 1 aromatic carbocycles. The van der Waals surface area contributed by atoms with Gasteiger partial charge in [0.05, 0.1) is 16.9 Å². The van der Waals surface area contributed by atoms with Crippen molar-refractivity contribution in [1.82, 2.24) is 9.97 Å². The molecular formula is C13H6F3N5. The van der Waals surface area contributed by atoms with Crippen molar-refractivity contribution in [3.8, 4) is 23.4 Å². The standard InChI is InChI=1S/C13H6F3N5/c14-9-1-6(3-17)10(19)2-7(9)11-8(4-18)12(13(15)16)21-5-20-11/h1-2,5,13H,19H2. The first-order valence-electron chi connectivity index (χ1n) is 5.52. The van der Waals surface area contributed by atoms with Gasteiger partial charge in [0.2, 0.25) is 0 Å². The van der Waals surface area contributed by atoms with Crippen LogP contribution in [0.5, 0.6) is 0 Å². The maximum absolute atomic E-state index is 14.0. The predicted octanol–water partition coefficient (Wildman–Crippen LogP) is 2.55. The SMILES string of the molecule is N#Cc1cc(F)c(-c2ncnc(C(F)F)c2C#N)cc1N. The molecule has 104 valence electrons. The zero-order chi connectivity index (χ0) is 15.6. The van der Waals surface area contributed by atoms with E-state index >= 15 is 0 Å². The third-order valence-electron chi connectivity index (χ3n) is 2.71. The van der Waals surface area contributed by atoms with E-state index in [1.807, 2.05) is 0 Å². The highest BCUT2D eigenvalue weighted by molar-refractivity contribution is 5.73. The molecule has 2 aromatic rings. The number of hydrogen-bond donors (Lipinski definition) is 1. The third kappa shape index (κ3) is 2.47. The Kier molecular flexibility index (Phi) is 3.72. The summed E-state index contributed by atoms with van der Waals surface area (Å²) >= 11 is 0. The maximum atomic E-state index is 14.0. The number of nitrogens with zero attached hydrogens (tertiary/aromatic N) is 4. The first kappa shape index (κ1) is 14.3. The summed E-state index contributed by atoms with van der Waals surface area (Å²) in [7, 11) is 0. The number of aromatic nitrogens is 2. The van der Waals surface area contributed by atoms with Gasteiger partial charge in [-0.25, -0.2) is 23.1 Å². The minimum atomic E-state index is -3.00. The molecule has 0 unspecified atom stereocenters. The molecule has 2 N–H and O–H groups in total. The van der Waals surface area contributed by atoms with Crippen LogP contribution < -0.4 is 5.73 Å².